The number of aromatic nitrogens is 4. The molecule has 2 aromatic heterocycles. The van der Waals surface area contributed by atoms with Crippen LogP contribution in [0.2, 0.25) is 0 Å². The van der Waals surface area contributed by atoms with Crippen LogP contribution in [0.3, 0.4) is 0 Å². The number of hydrogen-bond acceptors (Lipinski definition) is 4. The third-order valence-corrected chi connectivity index (χ3v) is 4.61. The SMILES string of the molecule is CCc1nnc2sc(-c3ccc(Br)c(C)c3)nn12. The van der Waals surface area contributed by atoms with Crippen molar-refractivity contribution in [2.75, 3.05) is 0 Å². The van der Waals surface area contributed by atoms with Crippen LogP contribution in [-0.4, -0.2) is 19.8 Å². The third kappa shape index (κ3) is 1.85. The summed E-state index contributed by atoms with van der Waals surface area (Å²) in [7, 11) is 0. The van der Waals surface area contributed by atoms with E-state index in [1.54, 1.807) is 11.3 Å². The van der Waals surface area contributed by atoms with Crippen LogP contribution in [0.25, 0.3) is 15.5 Å². The molecule has 0 amide bonds. The molecule has 0 atom stereocenters. The molecule has 0 bridgehead atoms. The van der Waals surface area contributed by atoms with Crippen LogP contribution in [-0.2, 0) is 6.42 Å². The van der Waals surface area contributed by atoms with Gasteiger partial charge in [-0.3, -0.25) is 0 Å². The standard InChI is InChI=1S/C12H11BrN4S/c1-3-10-14-15-12-17(10)16-11(18-12)8-4-5-9(13)7(2)6-8/h4-6H,3H2,1-2H3. The predicted molar refractivity (Wildman–Crippen MR) is 75.9 cm³/mol. The lowest BCUT2D eigenvalue weighted by Crippen LogP contribution is -1.93. The molecule has 0 spiro atoms. The molecule has 4 nitrogen and oxygen atoms in total. The van der Waals surface area contributed by atoms with Crippen molar-refractivity contribution in [1.82, 2.24) is 19.8 Å². The van der Waals surface area contributed by atoms with E-state index < -0.39 is 0 Å². The maximum Gasteiger partial charge on any atom is 0.234 e. The lowest BCUT2D eigenvalue weighted by molar-refractivity contribution is 0.838. The minimum Gasteiger partial charge on any atom is -0.187 e. The van der Waals surface area contributed by atoms with Crippen molar-refractivity contribution in [2.24, 2.45) is 0 Å². The van der Waals surface area contributed by atoms with Gasteiger partial charge in [0.25, 0.3) is 0 Å². The maximum atomic E-state index is 4.58. The second kappa shape index (κ2) is 4.44. The van der Waals surface area contributed by atoms with E-state index in [9.17, 15) is 0 Å². The number of nitrogens with zero attached hydrogens (tertiary/aromatic N) is 4. The highest BCUT2D eigenvalue weighted by atomic mass is 79.9. The summed E-state index contributed by atoms with van der Waals surface area (Å²) in [6.07, 6.45) is 0.837. The van der Waals surface area contributed by atoms with Crippen molar-refractivity contribution in [1.29, 1.82) is 0 Å². The molecule has 0 saturated carbocycles. The van der Waals surface area contributed by atoms with Crippen molar-refractivity contribution in [2.45, 2.75) is 20.3 Å². The Morgan fingerprint density at radius 3 is 2.89 bits per heavy atom. The van der Waals surface area contributed by atoms with Gasteiger partial charge < -0.3 is 0 Å². The number of rotatable bonds is 2. The number of aryl methyl sites for hydroxylation is 2. The average Bonchev–Trinajstić information content (AvgIpc) is 2.92. The Kier molecular flexibility index (Phi) is 2.91. The highest BCUT2D eigenvalue weighted by molar-refractivity contribution is 9.10. The summed E-state index contributed by atoms with van der Waals surface area (Å²) in [5.41, 5.74) is 2.32. The van der Waals surface area contributed by atoms with Crippen LogP contribution in [0, 0.1) is 6.92 Å². The Labute approximate surface area is 117 Å². The molecule has 0 saturated heterocycles. The zero-order valence-corrected chi connectivity index (χ0v) is 12.4. The fraction of sp³-hybridized carbons (Fsp3) is 0.250. The van der Waals surface area contributed by atoms with E-state index in [1.165, 1.54) is 5.56 Å². The van der Waals surface area contributed by atoms with Crippen LogP contribution < -0.4 is 0 Å². The van der Waals surface area contributed by atoms with Crippen LogP contribution in [0.15, 0.2) is 22.7 Å². The van der Waals surface area contributed by atoms with Gasteiger partial charge in [0.2, 0.25) is 4.96 Å². The Morgan fingerprint density at radius 1 is 1.33 bits per heavy atom. The zero-order valence-electron chi connectivity index (χ0n) is 10.0. The van der Waals surface area contributed by atoms with Gasteiger partial charge >= 0.3 is 0 Å². The summed E-state index contributed by atoms with van der Waals surface area (Å²) in [4.78, 5) is 0.849. The van der Waals surface area contributed by atoms with Gasteiger partial charge in [0.05, 0.1) is 0 Å². The Hall–Kier alpha value is -1.27. The minimum absolute atomic E-state index is 0.837. The van der Waals surface area contributed by atoms with Crippen molar-refractivity contribution in [3.8, 4) is 10.6 Å². The number of halogens is 1. The molecule has 3 rings (SSSR count). The molecule has 3 aromatic rings. The van der Waals surface area contributed by atoms with Crippen molar-refractivity contribution in [3.05, 3.63) is 34.1 Å². The summed E-state index contributed by atoms with van der Waals surface area (Å²) >= 11 is 5.07. The first-order chi connectivity index (χ1) is 8.69. The first kappa shape index (κ1) is 11.8. The highest BCUT2D eigenvalue weighted by Crippen LogP contribution is 2.28. The molecule has 0 unspecified atom stereocenters. The largest absolute Gasteiger partial charge is 0.234 e. The van der Waals surface area contributed by atoms with E-state index in [4.69, 9.17) is 0 Å². The molecule has 0 aliphatic carbocycles. The lowest BCUT2D eigenvalue weighted by Gasteiger charge is -2.00. The van der Waals surface area contributed by atoms with E-state index in [0.717, 1.165) is 32.2 Å². The van der Waals surface area contributed by atoms with E-state index in [-0.39, 0.29) is 0 Å². The number of fused-ring (bicyclic) bond motifs is 1. The smallest absolute Gasteiger partial charge is 0.187 e. The fourth-order valence-corrected chi connectivity index (χ4v) is 2.87. The van der Waals surface area contributed by atoms with Gasteiger partial charge in [-0.05, 0) is 24.6 Å². The monoisotopic (exact) mass is 322 g/mol. The molecule has 0 fully saturated rings. The summed E-state index contributed by atoms with van der Waals surface area (Å²) in [5.74, 6) is 0.904. The zero-order chi connectivity index (χ0) is 12.7. The molecular formula is C12H11BrN4S. The topological polar surface area (TPSA) is 43.1 Å². The Bertz CT molecular complexity index is 716. The van der Waals surface area contributed by atoms with Gasteiger partial charge in [-0.25, -0.2) is 0 Å². The molecule has 92 valence electrons. The lowest BCUT2D eigenvalue weighted by atomic mass is 10.1. The number of hydrogen-bond donors (Lipinski definition) is 0. The molecule has 0 aliphatic rings. The first-order valence-corrected chi connectivity index (χ1v) is 7.27. The predicted octanol–water partition coefficient (Wildman–Crippen LogP) is 3.49. The van der Waals surface area contributed by atoms with Crippen molar-refractivity contribution in [3.63, 3.8) is 0 Å². The van der Waals surface area contributed by atoms with Crippen molar-refractivity contribution >= 4 is 32.2 Å². The fourth-order valence-electron chi connectivity index (χ4n) is 1.77. The van der Waals surface area contributed by atoms with E-state index in [1.807, 2.05) is 10.6 Å². The second-order valence-electron chi connectivity index (χ2n) is 4.04. The van der Waals surface area contributed by atoms with Gasteiger partial charge in [-0.15, -0.1) is 10.2 Å². The van der Waals surface area contributed by atoms with E-state index in [0.29, 0.717) is 0 Å². The van der Waals surface area contributed by atoms with Crippen LogP contribution in [0.4, 0.5) is 0 Å². The summed E-state index contributed by atoms with van der Waals surface area (Å²) in [6.45, 7) is 4.13. The van der Waals surface area contributed by atoms with Gasteiger partial charge in [-0.2, -0.15) is 9.61 Å². The Morgan fingerprint density at radius 2 is 2.17 bits per heavy atom. The van der Waals surface area contributed by atoms with Gasteiger partial charge in [0.1, 0.15) is 5.01 Å². The average molecular weight is 323 g/mol. The molecule has 18 heavy (non-hydrogen) atoms. The van der Waals surface area contributed by atoms with Crippen LogP contribution in [0.1, 0.15) is 18.3 Å². The summed E-state index contributed by atoms with van der Waals surface area (Å²) in [5, 5.41) is 13.8. The van der Waals surface area contributed by atoms with Gasteiger partial charge in [0.15, 0.2) is 5.82 Å². The third-order valence-electron chi connectivity index (χ3n) is 2.78. The first-order valence-electron chi connectivity index (χ1n) is 5.66. The number of benzene rings is 1. The second-order valence-corrected chi connectivity index (χ2v) is 5.85. The quantitative estimate of drug-likeness (QED) is 0.725. The maximum absolute atomic E-state index is 4.58. The molecule has 2 heterocycles. The molecular weight excluding hydrogens is 312 g/mol. The molecule has 0 radical (unpaired) electrons. The molecule has 0 N–H and O–H groups in total. The van der Waals surface area contributed by atoms with Crippen LogP contribution >= 0.6 is 27.3 Å². The summed E-state index contributed by atoms with van der Waals surface area (Å²) in [6, 6.07) is 6.24. The molecule has 1 aromatic carbocycles. The highest BCUT2D eigenvalue weighted by Gasteiger charge is 2.12. The Balaban J connectivity index is 2.13. The van der Waals surface area contributed by atoms with Crippen LogP contribution in [0.5, 0.6) is 0 Å². The van der Waals surface area contributed by atoms with Gasteiger partial charge in [-0.1, -0.05) is 40.3 Å². The van der Waals surface area contributed by atoms with Gasteiger partial charge in [0, 0.05) is 16.5 Å². The van der Waals surface area contributed by atoms with E-state index >= 15 is 0 Å². The van der Waals surface area contributed by atoms with Crippen molar-refractivity contribution < 1.29 is 0 Å². The minimum atomic E-state index is 0.837. The normalized spacial score (nSPS) is 11.3. The molecule has 0 aliphatic heterocycles. The molecule has 6 heteroatoms. The van der Waals surface area contributed by atoms with E-state index in [2.05, 4.69) is 57.2 Å². The summed E-state index contributed by atoms with van der Waals surface area (Å²) < 4.78 is 2.95.